The molecule has 2 N–H and O–H groups in total. The zero-order valence-corrected chi connectivity index (χ0v) is 11.5. The number of hydrogen-bond acceptors (Lipinski definition) is 5. The molecule has 5 heteroatoms. The summed E-state index contributed by atoms with van der Waals surface area (Å²) in [7, 11) is 0. The summed E-state index contributed by atoms with van der Waals surface area (Å²) >= 11 is 1.78. The molecule has 0 aliphatic carbocycles. The van der Waals surface area contributed by atoms with E-state index in [9.17, 15) is 0 Å². The molecule has 2 rings (SSSR count). The van der Waals surface area contributed by atoms with Crippen LogP contribution in [-0.2, 0) is 13.1 Å². The number of aromatic nitrogens is 2. The lowest BCUT2D eigenvalue weighted by Crippen LogP contribution is -2.29. The smallest absolute Gasteiger partial charge is 0.141 e. The van der Waals surface area contributed by atoms with Crippen molar-refractivity contribution in [3.05, 3.63) is 40.5 Å². The number of nitrogens with zero attached hydrogens (tertiary/aromatic N) is 3. The van der Waals surface area contributed by atoms with Crippen molar-refractivity contribution in [2.24, 2.45) is 0 Å². The number of hydrogen-bond donors (Lipinski definition) is 1. The van der Waals surface area contributed by atoms with Crippen LogP contribution >= 0.6 is 11.3 Å². The van der Waals surface area contributed by atoms with Gasteiger partial charge >= 0.3 is 0 Å². The zero-order chi connectivity index (χ0) is 13.0. The Morgan fingerprint density at radius 2 is 2.11 bits per heavy atom. The summed E-state index contributed by atoms with van der Waals surface area (Å²) in [6, 6.07) is 4.71. The van der Waals surface area contributed by atoms with Crippen LogP contribution in [0.1, 0.15) is 24.4 Å². The summed E-state index contributed by atoms with van der Waals surface area (Å²) in [5, 5.41) is 2.11. The third-order valence-corrected chi connectivity index (χ3v) is 3.62. The van der Waals surface area contributed by atoms with Gasteiger partial charge in [0.25, 0.3) is 0 Å². The second kappa shape index (κ2) is 5.93. The minimum Gasteiger partial charge on any atom is -0.382 e. The number of rotatable bonds is 5. The van der Waals surface area contributed by atoms with Crippen LogP contribution in [0.2, 0.25) is 0 Å². The third-order valence-electron chi connectivity index (χ3n) is 2.76. The highest BCUT2D eigenvalue weighted by Gasteiger charge is 2.12. The lowest BCUT2D eigenvalue weighted by Gasteiger charge is -2.25. The topological polar surface area (TPSA) is 55.0 Å². The summed E-state index contributed by atoms with van der Waals surface area (Å²) in [6.07, 6.45) is 3.36. The second-order valence-electron chi connectivity index (χ2n) is 4.51. The average Bonchev–Trinajstić information content (AvgIpc) is 2.84. The van der Waals surface area contributed by atoms with E-state index in [4.69, 9.17) is 5.73 Å². The summed E-state index contributed by atoms with van der Waals surface area (Å²) in [4.78, 5) is 12.1. The molecule has 2 heterocycles. The van der Waals surface area contributed by atoms with Gasteiger partial charge in [-0.25, -0.2) is 4.98 Å². The molecule has 0 fully saturated rings. The number of nitrogen functional groups attached to an aromatic ring is 1. The van der Waals surface area contributed by atoms with E-state index in [0.29, 0.717) is 11.9 Å². The maximum absolute atomic E-state index is 5.54. The Balaban J connectivity index is 2.04. The van der Waals surface area contributed by atoms with Crippen LogP contribution in [0.25, 0.3) is 0 Å². The van der Waals surface area contributed by atoms with Gasteiger partial charge in [-0.2, -0.15) is 0 Å². The zero-order valence-electron chi connectivity index (χ0n) is 10.7. The van der Waals surface area contributed by atoms with E-state index in [-0.39, 0.29) is 0 Å². The van der Waals surface area contributed by atoms with Crippen molar-refractivity contribution in [2.75, 3.05) is 5.73 Å². The molecule has 0 aliphatic rings. The Bertz CT molecular complexity index is 464. The molecule has 0 bridgehead atoms. The summed E-state index contributed by atoms with van der Waals surface area (Å²) < 4.78 is 0. The van der Waals surface area contributed by atoms with Gasteiger partial charge in [-0.1, -0.05) is 6.07 Å². The lowest BCUT2D eigenvalue weighted by atomic mass is 10.2. The molecule has 0 saturated heterocycles. The predicted molar refractivity (Wildman–Crippen MR) is 75.1 cm³/mol. The lowest BCUT2D eigenvalue weighted by molar-refractivity contribution is 0.203. The SMILES string of the molecule is CC(C)N(Cc1cnc(N)cn1)Cc1cccs1. The van der Waals surface area contributed by atoms with E-state index in [0.717, 1.165) is 18.8 Å². The van der Waals surface area contributed by atoms with Gasteiger partial charge in [0.05, 0.1) is 18.1 Å². The van der Waals surface area contributed by atoms with Gasteiger partial charge in [0, 0.05) is 24.0 Å². The van der Waals surface area contributed by atoms with Crippen molar-refractivity contribution in [3.63, 3.8) is 0 Å². The first-order valence-corrected chi connectivity index (χ1v) is 6.86. The first-order valence-electron chi connectivity index (χ1n) is 5.98. The minimum atomic E-state index is 0.464. The van der Waals surface area contributed by atoms with Gasteiger partial charge in [0.1, 0.15) is 5.82 Å². The van der Waals surface area contributed by atoms with Crippen molar-refractivity contribution >= 4 is 17.2 Å². The van der Waals surface area contributed by atoms with E-state index in [2.05, 4.69) is 46.2 Å². The third kappa shape index (κ3) is 3.51. The van der Waals surface area contributed by atoms with Crippen molar-refractivity contribution in [2.45, 2.75) is 33.0 Å². The fourth-order valence-corrected chi connectivity index (χ4v) is 2.41. The molecule has 2 aromatic heterocycles. The quantitative estimate of drug-likeness (QED) is 0.899. The Kier molecular flexibility index (Phi) is 4.28. The molecular weight excluding hydrogens is 244 g/mol. The molecule has 0 radical (unpaired) electrons. The van der Waals surface area contributed by atoms with Crippen LogP contribution in [0.4, 0.5) is 5.82 Å². The van der Waals surface area contributed by atoms with Crippen molar-refractivity contribution < 1.29 is 0 Å². The van der Waals surface area contributed by atoms with Crippen molar-refractivity contribution in [3.8, 4) is 0 Å². The fraction of sp³-hybridized carbons (Fsp3) is 0.385. The molecule has 2 aromatic rings. The molecular formula is C13H18N4S. The Morgan fingerprint density at radius 3 is 2.67 bits per heavy atom. The fourth-order valence-electron chi connectivity index (χ4n) is 1.68. The minimum absolute atomic E-state index is 0.464. The molecule has 0 unspecified atom stereocenters. The van der Waals surface area contributed by atoms with Gasteiger partial charge in [0.2, 0.25) is 0 Å². The van der Waals surface area contributed by atoms with E-state index in [1.165, 1.54) is 4.88 Å². The largest absolute Gasteiger partial charge is 0.382 e. The number of anilines is 1. The molecule has 18 heavy (non-hydrogen) atoms. The molecule has 0 spiro atoms. The molecule has 96 valence electrons. The average molecular weight is 262 g/mol. The maximum Gasteiger partial charge on any atom is 0.141 e. The van der Waals surface area contributed by atoms with Crippen molar-refractivity contribution in [1.29, 1.82) is 0 Å². The van der Waals surface area contributed by atoms with Gasteiger partial charge in [-0.3, -0.25) is 9.88 Å². The van der Waals surface area contributed by atoms with E-state index >= 15 is 0 Å². The van der Waals surface area contributed by atoms with Crippen LogP contribution in [0.3, 0.4) is 0 Å². The Hall–Kier alpha value is -1.46. The van der Waals surface area contributed by atoms with Gasteiger partial charge < -0.3 is 5.73 Å². The number of nitrogens with two attached hydrogens (primary N) is 1. The van der Waals surface area contributed by atoms with Gasteiger partial charge in [0.15, 0.2) is 0 Å². The van der Waals surface area contributed by atoms with Crippen LogP contribution in [0, 0.1) is 0 Å². The highest BCUT2D eigenvalue weighted by molar-refractivity contribution is 7.09. The second-order valence-corrected chi connectivity index (χ2v) is 5.54. The highest BCUT2D eigenvalue weighted by atomic mass is 32.1. The van der Waals surface area contributed by atoms with E-state index < -0.39 is 0 Å². The van der Waals surface area contributed by atoms with Crippen LogP contribution in [0.15, 0.2) is 29.9 Å². The molecule has 4 nitrogen and oxygen atoms in total. The van der Waals surface area contributed by atoms with Crippen LogP contribution < -0.4 is 5.73 Å². The Labute approximate surface area is 111 Å². The monoisotopic (exact) mass is 262 g/mol. The van der Waals surface area contributed by atoms with Crippen LogP contribution in [-0.4, -0.2) is 20.9 Å². The molecule has 0 atom stereocenters. The summed E-state index contributed by atoms with van der Waals surface area (Å²) in [5.41, 5.74) is 6.49. The predicted octanol–water partition coefficient (Wildman–Crippen LogP) is 2.53. The van der Waals surface area contributed by atoms with Crippen LogP contribution in [0.5, 0.6) is 0 Å². The molecule has 0 saturated carbocycles. The normalized spacial score (nSPS) is 11.3. The van der Waals surface area contributed by atoms with E-state index in [1.54, 1.807) is 23.7 Å². The Morgan fingerprint density at radius 1 is 1.28 bits per heavy atom. The highest BCUT2D eigenvalue weighted by Crippen LogP contribution is 2.15. The molecule has 0 amide bonds. The summed E-state index contributed by atoms with van der Waals surface area (Å²) in [5.74, 6) is 0.466. The molecule has 0 aliphatic heterocycles. The van der Waals surface area contributed by atoms with Gasteiger partial charge in [-0.15, -0.1) is 11.3 Å². The first-order chi connectivity index (χ1) is 8.65. The van der Waals surface area contributed by atoms with Crippen molar-refractivity contribution in [1.82, 2.24) is 14.9 Å². The first kappa shape index (κ1) is 13.0. The maximum atomic E-state index is 5.54. The standard InChI is InChI=1S/C13H18N4S/c1-10(2)17(9-12-4-3-5-18-12)8-11-6-16-13(14)7-15-11/h3-7,10H,8-9H2,1-2H3,(H2,14,16). The van der Waals surface area contributed by atoms with Gasteiger partial charge in [-0.05, 0) is 25.3 Å². The molecule has 0 aromatic carbocycles. The van der Waals surface area contributed by atoms with E-state index in [1.807, 2.05) is 0 Å². The number of thiophene rings is 1. The summed E-state index contributed by atoms with van der Waals surface area (Å²) in [6.45, 7) is 6.13.